The zero-order chi connectivity index (χ0) is 11.4. The van der Waals surface area contributed by atoms with Gasteiger partial charge in [-0.15, -0.1) is 0 Å². The van der Waals surface area contributed by atoms with Crippen LogP contribution in [0.4, 0.5) is 5.69 Å². The predicted molar refractivity (Wildman–Crippen MR) is 52.5 cm³/mol. The molecule has 1 atom stereocenters. The Morgan fingerprint density at radius 1 is 1.60 bits per heavy atom. The van der Waals surface area contributed by atoms with Crippen LogP contribution in [-0.2, 0) is 4.79 Å². The van der Waals surface area contributed by atoms with Crippen LogP contribution in [0.15, 0.2) is 24.3 Å². The molecule has 0 aromatic heterocycles. The second-order valence-electron chi connectivity index (χ2n) is 2.98. The molecule has 1 rings (SSSR count). The van der Waals surface area contributed by atoms with Crippen LogP contribution in [0.2, 0.25) is 0 Å². The van der Waals surface area contributed by atoms with Crippen molar-refractivity contribution in [3.05, 3.63) is 39.9 Å². The minimum atomic E-state index is -1.09. The Bertz CT molecular complexity index is 391. The van der Waals surface area contributed by atoms with Crippen LogP contribution in [0.1, 0.15) is 11.5 Å². The van der Waals surface area contributed by atoms with E-state index in [0.717, 1.165) is 0 Å². The molecule has 0 saturated carbocycles. The Kier molecular flexibility index (Phi) is 3.35. The van der Waals surface area contributed by atoms with E-state index < -0.39 is 16.8 Å². The number of carboxylic acids is 1. The fourth-order valence-electron chi connectivity index (χ4n) is 1.23. The van der Waals surface area contributed by atoms with Gasteiger partial charge in [-0.2, -0.15) is 0 Å². The summed E-state index contributed by atoms with van der Waals surface area (Å²) in [5.74, 6) is -1.98. The molecule has 0 radical (unpaired) electrons. The van der Waals surface area contributed by atoms with Gasteiger partial charge < -0.3 is 10.8 Å². The van der Waals surface area contributed by atoms with Crippen LogP contribution < -0.4 is 5.73 Å². The summed E-state index contributed by atoms with van der Waals surface area (Å²) in [6, 6.07) is 5.49. The molecule has 0 bridgehead atoms. The lowest BCUT2D eigenvalue weighted by atomic mass is 9.99. The SMILES string of the molecule is NCC(C(=O)O)c1cccc([N+](=O)[O-])c1. The van der Waals surface area contributed by atoms with Gasteiger partial charge in [0.25, 0.3) is 5.69 Å². The first-order valence-electron chi connectivity index (χ1n) is 4.23. The number of nitro groups is 1. The Labute approximate surface area is 85.5 Å². The number of nitro benzene ring substituents is 1. The van der Waals surface area contributed by atoms with E-state index >= 15 is 0 Å². The molecule has 80 valence electrons. The van der Waals surface area contributed by atoms with E-state index in [2.05, 4.69) is 0 Å². The van der Waals surface area contributed by atoms with Crippen molar-refractivity contribution in [1.82, 2.24) is 0 Å². The molecule has 0 aliphatic carbocycles. The maximum absolute atomic E-state index is 10.8. The quantitative estimate of drug-likeness (QED) is 0.562. The third kappa shape index (κ3) is 2.50. The fraction of sp³-hybridized carbons (Fsp3) is 0.222. The van der Waals surface area contributed by atoms with Gasteiger partial charge in [-0.05, 0) is 5.56 Å². The molecule has 3 N–H and O–H groups in total. The van der Waals surface area contributed by atoms with E-state index in [1.807, 2.05) is 0 Å². The molecule has 0 aliphatic rings. The van der Waals surface area contributed by atoms with E-state index in [0.29, 0.717) is 5.56 Å². The highest BCUT2D eigenvalue weighted by Gasteiger charge is 2.19. The lowest BCUT2D eigenvalue weighted by molar-refractivity contribution is -0.384. The molecule has 1 unspecified atom stereocenters. The third-order valence-corrected chi connectivity index (χ3v) is 2.02. The Morgan fingerprint density at radius 2 is 2.27 bits per heavy atom. The Balaban J connectivity index is 3.08. The van der Waals surface area contributed by atoms with Crippen molar-refractivity contribution in [1.29, 1.82) is 0 Å². The van der Waals surface area contributed by atoms with Crippen molar-refractivity contribution in [2.24, 2.45) is 5.73 Å². The highest BCUT2D eigenvalue weighted by Crippen LogP contribution is 2.20. The van der Waals surface area contributed by atoms with Crippen molar-refractivity contribution < 1.29 is 14.8 Å². The monoisotopic (exact) mass is 210 g/mol. The molecule has 6 nitrogen and oxygen atoms in total. The van der Waals surface area contributed by atoms with Gasteiger partial charge in [0.1, 0.15) is 0 Å². The van der Waals surface area contributed by atoms with Crippen molar-refractivity contribution in [2.75, 3.05) is 6.54 Å². The van der Waals surface area contributed by atoms with Crippen molar-refractivity contribution in [2.45, 2.75) is 5.92 Å². The number of carboxylic acid groups (broad SMARTS) is 1. The largest absolute Gasteiger partial charge is 0.481 e. The number of rotatable bonds is 4. The average Bonchev–Trinajstić information content (AvgIpc) is 2.18. The van der Waals surface area contributed by atoms with Gasteiger partial charge in [-0.25, -0.2) is 0 Å². The van der Waals surface area contributed by atoms with Crippen molar-refractivity contribution in [3.63, 3.8) is 0 Å². The molecule has 15 heavy (non-hydrogen) atoms. The molecule has 0 amide bonds. The van der Waals surface area contributed by atoms with Crippen molar-refractivity contribution in [3.8, 4) is 0 Å². The lowest BCUT2D eigenvalue weighted by Crippen LogP contribution is -2.21. The number of nitrogens with two attached hydrogens (primary N) is 1. The molecular weight excluding hydrogens is 200 g/mol. The normalized spacial score (nSPS) is 12.1. The first kappa shape index (κ1) is 11.1. The summed E-state index contributed by atoms with van der Waals surface area (Å²) in [6.45, 7) is -0.0868. The van der Waals surface area contributed by atoms with Crippen LogP contribution in [0.25, 0.3) is 0 Å². The topological polar surface area (TPSA) is 106 Å². The smallest absolute Gasteiger partial charge is 0.312 e. The van der Waals surface area contributed by atoms with Crippen LogP contribution in [0.3, 0.4) is 0 Å². The molecule has 0 fully saturated rings. The summed E-state index contributed by atoms with van der Waals surface area (Å²) in [4.78, 5) is 20.7. The number of hydrogen-bond donors (Lipinski definition) is 2. The van der Waals surface area contributed by atoms with Gasteiger partial charge >= 0.3 is 5.97 Å². The van der Waals surface area contributed by atoms with Crippen LogP contribution in [0, 0.1) is 10.1 Å². The second kappa shape index (κ2) is 4.52. The number of carbonyl (C=O) groups is 1. The zero-order valence-corrected chi connectivity index (χ0v) is 7.79. The predicted octanol–water partition coefficient (Wildman–Crippen LogP) is 0.722. The van der Waals surface area contributed by atoms with Gasteiger partial charge in [-0.1, -0.05) is 12.1 Å². The zero-order valence-electron chi connectivity index (χ0n) is 7.79. The minimum Gasteiger partial charge on any atom is -0.481 e. The summed E-state index contributed by atoms with van der Waals surface area (Å²) in [6.07, 6.45) is 0. The Hall–Kier alpha value is -1.95. The van der Waals surface area contributed by atoms with Gasteiger partial charge in [0, 0.05) is 18.7 Å². The summed E-state index contributed by atoms with van der Waals surface area (Å²) >= 11 is 0. The molecule has 0 heterocycles. The molecular formula is C9H10N2O4. The van der Waals surface area contributed by atoms with Gasteiger partial charge in [0.2, 0.25) is 0 Å². The lowest BCUT2D eigenvalue weighted by Gasteiger charge is -2.08. The summed E-state index contributed by atoms with van der Waals surface area (Å²) in [7, 11) is 0. The van der Waals surface area contributed by atoms with Gasteiger partial charge in [0.05, 0.1) is 10.8 Å². The van der Waals surface area contributed by atoms with E-state index in [4.69, 9.17) is 10.8 Å². The molecule has 1 aromatic carbocycles. The number of aliphatic carboxylic acids is 1. The number of hydrogen-bond acceptors (Lipinski definition) is 4. The standard InChI is InChI=1S/C9H10N2O4/c10-5-8(9(12)13)6-2-1-3-7(4-6)11(14)15/h1-4,8H,5,10H2,(H,12,13). The summed E-state index contributed by atoms with van der Waals surface area (Å²) in [5, 5.41) is 19.3. The highest BCUT2D eigenvalue weighted by atomic mass is 16.6. The van der Waals surface area contributed by atoms with Gasteiger partial charge in [0.15, 0.2) is 0 Å². The van der Waals surface area contributed by atoms with E-state index in [9.17, 15) is 14.9 Å². The molecule has 1 aromatic rings. The molecule has 0 aliphatic heterocycles. The number of benzene rings is 1. The first-order chi connectivity index (χ1) is 7.06. The summed E-state index contributed by atoms with van der Waals surface area (Å²) < 4.78 is 0. The second-order valence-corrected chi connectivity index (χ2v) is 2.98. The third-order valence-electron chi connectivity index (χ3n) is 2.02. The fourth-order valence-corrected chi connectivity index (χ4v) is 1.23. The van der Waals surface area contributed by atoms with Gasteiger partial charge in [-0.3, -0.25) is 14.9 Å². The number of non-ortho nitro benzene ring substituents is 1. The van der Waals surface area contributed by atoms with Crippen LogP contribution in [0.5, 0.6) is 0 Å². The molecule has 0 spiro atoms. The van der Waals surface area contributed by atoms with E-state index in [1.54, 1.807) is 0 Å². The highest BCUT2D eigenvalue weighted by molar-refractivity contribution is 5.76. The molecule has 6 heteroatoms. The maximum Gasteiger partial charge on any atom is 0.312 e. The first-order valence-corrected chi connectivity index (χ1v) is 4.23. The maximum atomic E-state index is 10.8. The number of nitrogens with zero attached hydrogens (tertiary/aromatic N) is 1. The average molecular weight is 210 g/mol. The van der Waals surface area contributed by atoms with E-state index in [1.165, 1.54) is 24.3 Å². The minimum absolute atomic E-state index is 0.0868. The Morgan fingerprint density at radius 3 is 2.73 bits per heavy atom. The van der Waals surface area contributed by atoms with Crippen molar-refractivity contribution >= 4 is 11.7 Å². The van der Waals surface area contributed by atoms with Crippen LogP contribution in [-0.4, -0.2) is 22.5 Å². The van der Waals surface area contributed by atoms with Crippen LogP contribution >= 0.6 is 0 Å². The molecule has 0 saturated heterocycles. The summed E-state index contributed by atoms with van der Waals surface area (Å²) in [5.41, 5.74) is 5.50. The van der Waals surface area contributed by atoms with E-state index in [-0.39, 0.29) is 12.2 Å².